The van der Waals surface area contributed by atoms with E-state index in [-0.39, 0.29) is 5.97 Å². The van der Waals surface area contributed by atoms with Gasteiger partial charge in [-0.1, -0.05) is 6.92 Å². The van der Waals surface area contributed by atoms with E-state index in [1.54, 1.807) is 0 Å². The first-order valence-corrected chi connectivity index (χ1v) is 5.18. The van der Waals surface area contributed by atoms with Crippen molar-refractivity contribution in [2.24, 2.45) is 0 Å². The van der Waals surface area contributed by atoms with Crippen LogP contribution in [0.25, 0.3) is 0 Å². The number of ether oxygens (including phenoxy) is 1. The number of nitrogens with zero attached hydrogens (tertiary/aromatic N) is 1. The topological polar surface area (TPSA) is 43.3 Å². The van der Waals surface area contributed by atoms with E-state index in [0.717, 1.165) is 13.1 Å². The van der Waals surface area contributed by atoms with Crippen LogP contribution in [0, 0.1) is 0 Å². The minimum absolute atomic E-state index is 0.170. The van der Waals surface area contributed by atoms with Gasteiger partial charge in [0, 0.05) is 25.5 Å². The molecule has 1 aromatic heterocycles. The molecule has 1 heterocycles. The summed E-state index contributed by atoms with van der Waals surface area (Å²) in [6, 6.07) is 2.06. The summed E-state index contributed by atoms with van der Waals surface area (Å²) in [4.78, 5) is 10.9. The molecule has 0 bridgehead atoms. The lowest BCUT2D eigenvalue weighted by Gasteiger charge is -2.01. The molecule has 0 aromatic carbocycles. The van der Waals surface area contributed by atoms with Gasteiger partial charge in [0.05, 0.1) is 13.5 Å². The number of hydrogen-bond acceptors (Lipinski definition) is 3. The van der Waals surface area contributed by atoms with Crippen LogP contribution in [0.5, 0.6) is 0 Å². The van der Waals surface area contributed by atoms with E-state index >= 15 is 0 Å². The number of hydrogen-bond donors (Lipinski definition) is 1. The van der Waals surface area contributed by atoms with E-state index in [9.17, 15) is 4.79 Å². The largest absolute Gasteiger partial charge is 0.469 e. The number of esters is 1. The Morgan fingerprint density at radius 2 is 2.40 bits per heavy atom. The lowest BCUT2D eigenvalue weighted by Crippen LogP contribution is -2.11. The zero-order valence-corrected chi connectivity index (χ0v) is 9.32. The molecule has 84 valence electrons. The standard InChI is InChI=1S/C11H18N2O2/c1-3-12-8-10-4-6-13(9-10)7-5-11(14)15-2/h4,6,9,12H,3,5,7-8H2,1-2H3. The summed E-state index contributed by atoms with van der Waals surface area (Å²) < 4.78 is 6.58. The summed E-state index contributed by atoms with van der Waals surface area (Å²) in [6.07, 6.45) is 4.45. The summed E-state index contributed by atoms with van der Waals surface area (Å²) in [5.74, 6) is -0.170. The van der Waals surface area contributed by atoms with Gasteiger partial charge in [-0.25, -0.2) is 0 Å². The zero-order chi connectivity index (χ0) is 11.1. The second kappa shape index (κ2) is 6.24. The molecule has 0 unspecified atom stereocenters. The van der Waals surface area contributed by atoms with Crippen LogP contribution in [0.15, 0.2) is 18.5 Å². The lowest BCUT2D eigenvalue weighted by atomic mass is 10.3. The monoisotopic (exact) mass is 210 g/mol. The summed E-state index contributed by atoms with van der Waals surface area (Å²) in [5, 5.41) is 3.25. The number of aryl methyl sites for hydroxylation is 1. The fourth-order valence-corrected chi connectivity index (χ4v) is 1.33. The van der Waals surface area contributed by atoms with Gasteiger partial charge in [-0.15, -0.1) is 0 Å². The van der Waals surface area contributed by atoms with Crippen molar-refractivity contribution in [1.29, 1.82) is 0 Å². The average molecular weight is 210 g/mol. The quantitative estimate of drug-likeness (QED) is 0.716. The van der Waals surface area contributed by atoms with Gasteiger partial charge in [0.25, 0.3) is 0 Å². The van der Waals surface area contributed by atoms with Crippen molar-refractivity contribution in [3.05, 3.63) is 24.0 Å². The van der Waals surface area contributed by atoms with Crippen LogP contribution < -0.4 is 5.32 Å². The number of carbonyl (C=O) groups excluding carboxylic acids is 1. The second-order valence-corrected chi connectivity index (χ2v) is 3.36. The third-order valence-corrected chi connectivity index (χ3v) is 2.19. The molecule has 0 aliphatic rings. The van der Waals surface area contributed by atoms with Crippen LogP contribution in [0.1, 0.15) is 18.9 Å². The van der Waals surface area contributed by atoms with Crippen molar-refractivity contribution in [2.75, 3.05) is 13.7 Å². The fraction of sp³-hybridized carbons (Fsp3) is 0.545. The van der Waals surface area contributed by atoms with Crippen LogP contribution in [-0.4, -0.2) is 24.2 Å². The molecule has 0 aliphatic carbocycles. The molecule has 0 atom stereocenters. The third-order valence-electron chi connectivity index (χ3n) is 2.19. The van der Waals surface area contributed by atoms with E-state index in [2.05, 4.69) is 23.0 Å². The molecule has 15 heavy (non-hydrogen) atoms. The number of methoxy groups -OCH3 is 1. The maximum atomic E-state index is 10.9. The molecule has 1 aromatic rings. The second-order valence-electron chi connectivity index (χ2n) is 3.36. The molecule has 0 radical (unpaired) electrons. The number of rotatable bonds is 6. The minimum atomic E-state index is -0.170. The predicted octanol–water partition coefficient (Wildman–Crippen LogP) is 1.16. The Hall–Kier alpha value is -1.29. The zero-order valence-electron chi connectivity index (χ0n) is 9.32. The molecule has 1 rings (SSSR count). The molecule has 4 heteroatoms. The molecule has 0 saturated heterocycles. The summed E-state index contributed by atoms with van der Waals surface area (Å²) >= 11 is 0. The van der Waals surface area contributed by atoms with Gasteiger partial charge >= 0.3 is 5.97 Å². The van der Waals surface area contributed by atoms with E-state index in [1.165, 1.54) is 12.7 Å². The van der Waals surface area contributed by atoms with Gasteiger partial charge in [0.15, 0.2) is 0 Å². The smallest absolute Gasteiger partial charge is 0.307 e. The number of nitrogens with one attached hydrogen (secondary N) is 1. The van der Waals surface area contributed by atoms with Gasteiger partial charge in [0.2, 0.25) is 0 Å². The Labute approximate surface area is 90.2 Å². The molecule has 0 aliphatic heterocycles. The SMILES string of the molecule is CCNCc1ccn(CCC(=O)OC)c1. The predicted molar refractivity (Wildman–Crippen MR) is 58.4 cm³/mol. The number of aromatic nitrogens is 1. The fourth-order valence-electron chi connectivity index (χ4n) is 1.33. The normalized spacial score (nSPS) is 10.3. The van der Waals surface area contributed by atoms with Gasteiger partial charge < -0.3 is 14.6 Å². The van der Waals surface area contributed by atoms with Crippen molar-refractivity contribution in [1.82, 2.24) is 9.88 Å². The van der Waals surface area contributed by atoms with Crippen LogP contribution in [-0.2, 0) is 22.6 Å². The molecule has 4 nitrogen and oxygen atoms in total. The van der Waals surface area contributed by atoms with E-state index < -0.39 is 0 Å². The Morgan fingerprint density at radius 3 is 3.07 bits per heavy atom. The van der Waals surface area contributed by atoms with E-state index in [4.69, 9.17) is 0 Å². The summed E-state index contributed by atoms with van der Waals surface area (Å²) in [5.41, 5.74) is 1.24. The highest BCUT2D eigenvalue weighted by molar-refractivity contribution is 5.68. The maximum absolute atomic E-state index is 10.9. The first-order valence-electron chi connectivity index (χ1n) is 5.18. The molecule has 0 amide bonds. The average Bonchev–Trinajstić information content (AvgIpc) is 2.71. The van der Waals surface area contributed by atoms with Gasteiger partial charge in [-0.2, -0.15) is 0 Å². The van der Waals surface area contributed by atoms with Crippen LogP contribution >= 0.6 is 0 Å². The Balaban J connectivity index is 2.35. The Kier molecular flexibility index (Phi) is 4.90. The molecule has 0 saturated carbocycles. The first-order chi connectivity index (χ1) is 7.26. The molecular formula is C11H18N2O2. The van der Waals surface area contributed by atoms with Crippen molar-refractivity contribution in [3.63, 3.8) is 0 Å². The third kappa shape index (κ3) is 4.16. The van der Waals surface area contributed by atoms with E-state index in [1.807, 2.05) is 17.0 Å². The van der Waals surface area contributed by atoms with Crippen LogP contribution in [0.3, 0.4) is 0 Å². The summed E-state index contributed by atoms with van der Waals surface area (Å²) in [7, 11) is 1.41. The van der Waals surface area contributed by atoms with Crippen molar-refractivity contribution >= 4 is 5.97 Å². The molecule has 1 N–H and O–H groups in total. The molecule has 0 fully saturated rings. The molecule has 0 spiro atoms. The van der Waals surface area contributed by atoms with Gasteiger partial charge in [0.1, 0.15) is 0 Å². The molecular weight excluding hydrogens is 192 g/mol. The van der Waals surface area contributed by atoms with E-state index in [0.29, 0.717) is 13.0 Å². The lowest BCUT2D eigenvalue weighted by molar-refractivity contribution is -0.140. The van der Waals surface area contributed by atoms with Gasteiger partial charge in [-0.3, -0.25) is 4.79 Å². The highest BCUT2D eigenvalue weighted by Gasteiger charge is 2.01. The van der Waals surface area contributed by atoms with Crippen molar-refractivity contribution in [3.8, 4) is 0 Å². The maximum Gasteiger partial charge on any atom is 0.307 e. The van der Waals surface area contributed by atoms with Crippen LogP contribution in [0.4, 0.5) is 0 Å². The van der Waals surface area contributed by atoms with Crippen LogP contribution in [0.2, 0.25) is 0 Å². The highest BCUT2D eigenvalue weighted by Crippen LogP contribution is 2.02. The highest BCUT2D eigenvalue weighted by atomic mass is 16.5. The Morgan fingerprint density at radius 1 is 1.60 bits per heavy atom. The minimum Gasteiger partial charge on any atom is -0.469 e. The van der Waals surface area contributed by atoms with Crippen molar-refractivity contribution in [2.45, 2.75) is 26.4 Å². The Bertz CT molecular complexity index is 307. The number of carbonyl (C=O) groups is 1. The summed E-state index contributed by atoms with van der Waals surface area (Å²) in [6.45, 7) is 4.60. The van der Waals surface area contributed by atoms with Gasteiger partial charge in [-0.05, 0) is 18.2 Å². The van der Waals surface area contributed by atoms with Crippen molar-refractivity contribution < 1.29 is 9.53 Å². The first kappa shape index (κ1) is 11.8.